The van der Waals surface area contributed by atoms with E-state index in [2.05, 4.69) is 15.6 Å². The summed E-state index contributed by atoms with van der Waals surface area (Å²) in [5, 5.41) is 21.8. The summed E-state index contributed by atoms with van der Waals surface area (Å²) < 4.78 is 0. The zero-order valence-corrected chi connectivity index (χ0v) is 8.80. The zero-order chi connectivity index (χ0) is 12.7. The molecule has 7 heteroatoms. The minimum Gasteiger partial charge on any atom is -0.480 e. The Morgan fingerprint density at radius 1 is 1.41 bits per heavy atom. The smallest absolute Gasteiger partial charge is 0.322 e. The molecule has 0 spiro atoms. The molecule has 1 aromatic rings. The molecule has 0 aromatic carbocycles. The molecule has 3 N–H and O–H groups in total. The molecular formula is C10H10N4O3. The van der Waals surface area contributed by atoms with Gasteiger partial charge in [-0.2, -0.15) is 5.26 Å². The van der Waals surface area contributed by atoms with Gasteiger partial charge in [0.2, 0.25) is 5.91 Å². The SMILES string of the molecule is N#Cc1ccc(NCC(=O)NCC(=O)O)nc1. The van der Waals surface area contributed by atoms with Gasteiger partial charge in [-0.05, 0) is 12.1 Å². The Hall–Kier alpha value is -2.62. The van der Waals surface area contributed by atoms with Crippen LogP contribution in [-0.2, 0) is 9.59 Å². The molecule has 1 heterocycles. The molecule has 0 atom stereocenters. The number of aliphatic carboxylic acids is 1. The molecule has 1 rings (SSSR count). The maximum atomic E-state index is 11.1. The molecule has 17 heavy (non-hydrogen) atoms. The van der Waals surface area contributed by atoms with Crippen LogP contribution in [0.15, 0.2) is 18.3 Å². The molecular weight excluding hydrogens is 224 g/mol. The van der Waals surface area contributed by atoms with E-state index in [1.165, 1.54) is 6.20 Å². The number of carbonyl (C=O) groups excluding carboxylic acids is 1. The van der Waals surface area contributed by atoms with Crippen molar-refractivity contribution in [1.29, 1.82) is 5.26 Å². The second-order valence-corrected chi connectivity index (χ2v) is 3.07. The third-order valence-electron chi connectivity index (χ3n) is 1.76. The van der Waals surface area contributed by atoms with E-state index in [4.69, 9.17) is 10.4 Å². The standard InChI is InChI=1S/C10H10N4O3/c11-3-7-1-2-8(12-4-7)13-5-9(15)14-6-10(16)17/h1-2,4H,5-6H2,(H,12,13)(H,14,15)(H,16,17). The van der Waals surface area contributed by atoms with Crippen LogP contribution >= 0.6 is 0 Å². The first-order valence-electron chi connectivity index (χ1n) is 4.70. The largest absolute Gasteiger partial charge is 0.480 e. The van der Waals surface area contributed by atoms with Gasteiger partial charge in [0.25, 0.3) is 0 Å². The van der Waals surface area contributed by atoms with Crippen molar-refractivity contribution in [3.8, 4) is 6.07 Å². The van der Waals surface area contributed by atoms with Crippen molar-refractivity contribution in [3.05, 3.63) is 23.9 Å². The van der Waals surface area contributed by atoms with Crippen LogP contribution in [0.3, 0.4) is 0 Å². The van der Waals surface area contributed by atoms with Crippen LogP contribution in [0.5, 0.6) is 0 Å². The molecule has 1 amide bonds. The van der Waals surface area contributed by atoms with Crippen molar-refractivity contribution in [2.45, 2.75) is 0 Å². The summed E-state index contributed by atoms with van der Waals surface area (Å²) >= 11 is 0. The summed E-state index contributed by atoms with van der Waals surface area (Å²) in [5.41, 5.74) is 0.422. The van der Waals surface area contributed by atoms with E-state index in [0.29, 0.717) is 11.4 Å². The van der Waals surface area contributed by atoms with E-state index >= 15 is 0 Å². The number of carboxylic acid groups (broad SMARTS) is 1. The van der Waals surface area contributed by atoms with E-state index in [9.17, 15) is 9.59 Å². The van der Waals surface area contributed by atoms with Crippen LogP contribution in [0.4, 0.5) is 5.82 Å². The monoisotopic (exact) mass is 234 g/mol. The summed E-state index contributed by atoms with van der Waals surface area (Å²) in [4.78, 5) is 25.2. The Labute approximate surface area is 97.1 Å². The number of pyridine rings is 1. The molecule has 7 nitrogen and oxygen atoms in total. The van der Waals surface area contributed by atoms with Gasteiger partial charge in [-0.1, -0.05) is 0 Å². The number of amides is 1. The van der Waals surface area contributed by atoms with Gasteiger partial charge < -0.3 is 15.7 Å². The lowest BCUT2D eigenvalue weighted by molar-refractivity contribution is -0.137. The second-order valence-electron chi connectivity index (χ2n) is 3.07. The summed E-state index contributed by atoms with van der Waals surface area (Å²) in [6.45, 7) is -0.493. The Morgan fingerprint density at radius 2 is 2.18 bits per heavy atom. The predicted molar refractivity (Wildman–Crippen MR) is 58.1 cm³/mol. The van der Waals surface area contributed by atoms with Gasteiger partial charge in [0.05, 0.1) is 12.1 Å². The second kappa shape index (κ2) is 6.07. The highest BCUT2D eigenvalue weighted by Crippen LogP contribution is 2.02. The fourth-order valence-electron chi connectivity index (χ4n) is 0.972. The Morgan fingerprint density at radius 3 is 2.71 bits per heavy atom. The fourth-order valence-corrected chi connectivity index (χ4v) is 0.972. The number of nitriles is 1. The van der Waals surface area contributed by atoms with Crippen molar-refractivity contribution in [3.63, 3.8) is 0 Å². The summed E-state index contributed by atoms with van der Waals surface area (Å²) in [5.74, 6) is -1.11. The summed E-state index contributed by atoms with van der Waals surface area (Å²) in [6.07, 6.45) is 1.37. The van der Waals surface area contributed by atoms with Gasteiger partial charge in [-0.15, -0.1) is 0 Å². The van der Waals surface area contributed by atoms with Gasteiger partial charge in [0.15, 0.2) is 0 Å². The number of rotatable bonds is 5. The molecule has 0 aliphatic rings. The van der Waals surface area contributed by atoms with Crippen molar-refractivity contribution >= 4 is 17.7 Å². The first-order chi connectivity index (χ1) is 8.11. The predicted octanol–water partition coefficient (Wildman–Crippen LogP) is -0.434. The number of carboxylic acids is 1. The average Bonchev–Trinajstić information content (AvgIpc) is 2.34. The minimum absolute atomic E-state index is 0.0772. The normalized spacial score (nSPS) is 9.12. The molecule has 0 saturated heterocycles. The van der Waals surface area contributed by atoms with Crippen LogP contribution in [-0.4, -0.2) is 35.1 Å². The zero-order valence-electron chi connectivity index (χ0n) is 8.80. The summed E-state index contributed by atoms with van der Waals surface area (Å²) in [7, 11) is 0. The van der Waals surface area contributed by atoms with Crippen LogP contribution in [0, 0.1) is 11.3 Å². The first-order valence-corrected chi connectivity index (χ1v) is 4.70. The number of carbonyl (C=O) groups is 2. The molecule has 0 fully saturated rings. The van der Waals surface area contributed by atoms with Gasteiger partial charge in [-0.3, -0.25) is 9.59 Å². The fraction of sp³-hybridized carbons (Fsp3) is 0.200. The summed E-state index contributed by atoms with van der Waals surface area (Å²) in [6, 6.07) is 5.04. The Kier molecular flexibility index (Phi) is 4.45. The molecule has 0 aliphatic heterocycles. The van der Waals surface area contributed by atoms with Crippen molar-refractivity contribution < 1.29 is 14.7 Å². The van der Waals surface area contributed by atoms with Gasteiger partial charge in [0, 0.05) is 6.20 Å². The lowest BCUT2D eigenvalue weighted by Crippen LogP contribution is -2.33. The molecule has 88 valence electrons. The van der Waals surface area contributed by atoms with Crippen molar-refractivity contribution in [2.75, 3.05) is 18.4 Å². The van der Waals surface area contributed by atoms with Crippen molar-refractivity contribution in [1.82, 2.24) is 10.3 Å². The average molecular weight is 234 g/mol. The number of aromatic nitrogens is 1. The quantitative estimate of drug-likeness (QED) is 0.636. The maximum absolute atomic E-state index is 11.1. The third kappa shape index (κ3) is 4.61. The number of hydrogen-bond acceptors (Lipinski definition) is 5. The number of nitrogens with one attached hydrogen (secondary N) is 2. The highest BCUT2D eigenvalue weighted by molar-refractivity contribution is 5.84. The molecule has 0 radical (unpaired) electrons. The first kappa shape index (κ1) is 12.4. The van der Waals surface area contributed by atoms with E-state index in [1.807, 2.05) is 6.07 Å². The number of hydrogen-bond donors (Lipinski definition) is 3. The molecule has 0 unspecified atom stereocenters. The lowest BCUT2D eigenvalue weighted by Gasteiger charge is -2.05. The van der Waals surface area contributed by atoms with Crippen LogP contribution in [0.2, 0.25) is 0 Å². The highest BCUT2D eigenvalue weighted by Gasteiger charge is 2.03. The molecule has 0 aliphatic carbocycles. The third-order valence-corrected chi connectivity index (χ3v) is 1.76. The number of nitrogens with zero attached hydrogens (tertiary/aromatic N) is 2. The maximum Gasteiger partial charge on any atom is 0.322 e. The number of anilines is 1. The van der Waals surface area contributed by atoms with Gasteiger partial charge in [-0.25, -0.2) is 4.98 Å². The Balaban J connectivity index is 2.37. The minimum atomic E-state index is -1.10. The Bertz CT molecular complexity index is 450. The topological polar surface area (TPSA) is 115 Å². The molecule has 1 aromatic heterocycles. The van der Waals surface area contributed by atoms with E-state index < -0.39 is 18.4 Å². The lowest BCUT2D eigenvalue weighted by atomic mass is 10.3. The van der Waals surface area contributed by atoms with E-state index in [-0.39, 0.29) is 6.54 Å². The van der Waals surface area contributed by atoms with Crippen LogP contribution in [0.25, 0.3) is 0 Å². The van der Waals surface area contributed by atoms with Crippen LogP contribution < -0.4 is 10.6 Å². The van der Waals surface area contributed by atoms with Crippen molar-refractivity contribution in [2.24, 2.45) is 0 Å². The van der Waals surface area contributed by atoms with Gasteiger partial charge >= 0.3 is 5.97 Å². The van der Waals surface area contributed by atoms with Gasteiger partial charge in [0.1, 0.15) is 18.4 Å². The molecule has 0 saturated carbocycles. The van der Waals surface area contributed by atoms with Crippen LogP contribution in [0.1, 0.15) is 5.56 Å². The van der Waals surface area contributed by atoms with E-state index in [1.54, 1.807) is 12.1 Å². The van der Waals surface area contributed by atoms with E-state index in [0.717, 1.165) is 0 Å². The highest BCUT2D eigenvalue weighted by atomic mass is 16.4. The molecule has 0 bridgehead atoms.